The van der Waals surface area contributed by atoms with Crippen LogP contribution in [0.15, 0.2) is 24.3 Å². The van der Waals surface area contributed by atoms with Crippen molar-refractivity contribution in [1.29, 1.82) is 0 Å². The summed E-state index contributed by atoms with van der Waals surface area (Å²) in [5.74, 6) is 0. The maximum atomic E-state index is 5.52. The molecule has 1 aromatic carbocycles. The van der Waals surface area contributed by atoms with Crippen LogP contribution in [0.25, 0.3) is 0 Å². The summed E-state index contributed by atoms with van der Waals surface area (Å²) in [7, 11) is 0. The van der Waals surface area contributed by atoms with Crippen molar-refractivity contribution in [3.63, 3.8) is 0 Å². The molecule has 0 nitrogen and oxygen atoms in total. The summed E-state index contributed by atoms with van der Waals surface area (Å²) in [5.41, 5.74) is 0. The van der Waals surface area contributed by atoms with Crippen LogP contribution >= 0.6 is 31.4 Å². The average Bonchev–Trinajstić information content (AvgIpc) is 1.94. The van der Waals surface area contributed by atoms with Gasteiger partial charge in [-0.25, -0.2) is 0 Å². The summed E-state index contributed by atoms with van der Waals surface area (Å²) in [6.07, 6.45) is 0. The predicted molar refractivity (Wildman–Crippen MR) is 44.3 cm³/mol. The second kappa shape index (κ2) is 14.3. The van der Waals surface area contributed by atoms with Gasteiger partial charge >= 0.3 is 53.4 Å². The summed E-state index contributed by atoms with van der Waals surface area (Å²) in [5, 5.41) is 0.763. The van der Waals surface area contributed by atoms with Crippen LogP contribution < -0.4 is 31.3 Å². The van der Waals surface area contributed by atoms with Crippen LogP contribution in [0.1, 0.15) is 0 Å². The molecule has 52 valence electrons. The van der Waals surface area contributed by atoms with Gasteiger partial charge in [0.2, 0.25) is 0 Å². The molecule has 0 N–H and O–H groups in total. The number of hydrogen-bond donors (Lipinski definition) is 0. The van der Waals surface area contributed by atoms with Gasteiger partial charge in [-0.1, -0.05) is 5.02 Å². The van der Waals surface area contributed by atoms with E-state index < -0.39 is 0 Å². The van der Waals surface area contributed by atoms with Gasteiger partial charge in [-0.2, -0.15) is 30.3 Å². The Balaban J connectivity index is -0.000000149. The van der Waals surface area contributed by atoms with Gasteiger partial charge in [0, 0.05) is 0 Å². The van der Waals surface area contributed by atoms with Crippen LogP contribution in [0.4, 0.5) is 0 Å². The van der Waals surface area contributed by atoms with Gasteiger partial charge in [0.25, 0.3) is 0 Å². The van der Waals surface area contributed by atoms with E-state index in [9.17, 15) is 0 Å². The molecule has 0 aliphatic carbocycles. The molecule has 0 radical (unpaired) electrons. The first-order valence-corrected chi connectivity index (χ1v) is 11.7. The summed E-state index contributed by atoms with van der Waals surface area (Å²) < 4.78 is 0. The van der Waals surface area contributed by atoms with Crippen molar-refractivity contribution in [2.45, 2.75) is 0 Å². The normalized spacial score (nSPS) is 6.18. The molecule has 1 rings (SSSR count). The molecular weight excluding hydrogens is 342 g/mol. The molecule has 0 fully saturated rings. The van der Waals surface area contributed by atoms with E-state index in [0.717, 1.165) is 5.02 Å². The van der Waals surface area contributed by atoms with Crippen molar-refractivity contribution in [2.75, 3.05) is 0 Å². The van der Waals surface area contributed by atoms with Crippen molar-refractivity contribution < 1.29 is 46.1 Å². The molecular formula is C6H4Cl2ILiZn. The van der Waals surface area contributed by atoms with Crippen LogP contribution in [-0.4, -0.2) is 0 Å². The molecule has 0 amide bonds. The zero-order valence-corrected chi connectivity index (χ0v) is 12.8. The van der Waals surface area contributed by atoms with Gasteiger partial charge in [-0.15, -0.1) is 11.6 Å². The van der Waals surface area contributed by atoms with Gasteiger partial charge in [0.05, 0.1) is 0 Å². The number of hydrogen-bond acceptors (Lipinski definition) is 0. The van der Waals surface area contributed by atoms with Crippen LogP contribution in [0.2, 0.25) is 5.02 Å². The summed E-state index contributed by atoms with van der Waals surface area (Å²) in [6.45, 7) is 0. The Morgan fingerprint density at radius 1 is 1.27 bits per heavy atom. The van der Waals surface area contributed by atoms with Crippen molar-refractivity contribution >= 4 is 31.4 Å². The molecule has 5 heteroatoms. The Labute approximate surface area is 111 Å². The third kappa shape index (κ3) is 11.8. The van der Waals surface area contributed by atoms with Crippen LogP contribution in [-0.2, 0) is 14.8 Å². The fourth-order valence-electron chi connectivity index (χ4n) is 0.367. The van der Waals surface area contributed by atoms with Gasteiger partial charge in [-0.3, -0.25) is 0 Å². The number of benzene rings is 1. The second-order valence-corrected chi connectivity index (χ2v) is 1.65. The minimum absolute atomic E-state index is 0. The van der Waals surface area contributed by atoms with Crippen LogP contribution in [0.3, 0.4) is 0 Å². The van der Waals surface area contributed by atoms with Crippen molar-refractivity contribution in [2.24, 2.45) is 0 Å². The predicted octanol–water partition coefficient (Wildman–Crippen LogP) is -2.97. The van der Waals surface area contributed by atoms with E-state index >= 15 is 0 Å². The fraction of sp³-hybridized carbons (Fsp3) is 0. The molecule has 0 heterocycles. The van der Waals surface area contributed by atoms with Gasteiger partial charge < -0.3 is 12.4 Å². The van der Waals surface area contributed by atoms with Gasteiger partial charge in [0.1, 0.15) is 0 Å². The molecule has 11 heavy (non-hydrogen) atoms. The standard InChI is InChI=1S/C6H4Cl.ClH.HI.Li.Zn/c7-6-4-2-1-3-5-6;;;;/h2-5H;2*1H;;/q-1;;;+1;+2/p-2. The minimum atomic E-state index is 0. The zero-order valence-electron chi connectivity index (χ0n) is 6.15. The molecule has 0 atom stereocenters. The zero-order chi connectivity index (χ0) is 7.11. The average molecular weight is 346 g/mol. The molecule has 0 bridgehead atoms. The van der Waals surface area contributed by atoms with Gasteiger partial charge in [-0.05, 0) is 0 Å². The quantitative estimate of drug-likeness (QED) is 0.268. The maximum absolute atomic E-state index is 5.52. The monoisotopic (exact) mass is 344 g/mol. The molecule has 0 aliphatic heterocycles. The number of rotatable bonds is 0. The Bertz CT molecular complexity index is 151. The Morgan fingerprint density at radius 2 is 1.64 bits per heavy atom. The van der Waals surface area contributed by atoms with Crippen LogP contribution in [0, 0.1) is 6.07 Å². The number of halogens is 3. The topological polar surface area (TPSA) is 0 Å². The Kier molecular flexibility index (Phi) is 24.0. The summed E-state index contributed by atoms with van der Waals surface area (Å²) in [4.78, 5) is 0. The van der Waals surface area contributed by atoms with E-state index in [4.69, 9.17) is 11.6 Å². The third-order valence-electron chi connectivity index (χ3n) is 0.678. The third-order valence-corrected chi connectivity index (χ3v) is 0.930. The van der Waals surface area contributed by atoms with Crippen molar-refractivity contribution in [1.82, 2.24) is 0 Å². The molecule has 0 spiro atoms. The van der Waals surface area contributed by atoms with Crippen molar-refractivity contribution in [3.8, 4) is 0 Å². The molecule has 0 unspecified atom stereocenters. The molecule has 0 aromatic heterocycles. The first-order valence-electron chi connectivity index (χ1n) is 2.28. The van der Waals surface area contributed by atoms with E-state index in [1.807, 2.05) is 0 Å². The van der Waals surface area contributed by atoms with E-state index in [2.05, 4.69) is 25.8 Å². The molecule has 0 saturated heterocycles. The fourth-order valence-corrected chi connectivity index (χ4v) is 0.493. The first kappa shape index (κ1) is 18.5. The molecule has 1 aromatic rings. The Hall–Kier alpha value is 1.75. The molecule has 0 aliphatic rings. The SMILES string of the molecule is Clc1cc[c-]cc1.[Cl-].[Li+].[Zn+][I]. The summed E-state index contributed by atoms with van der Waals surface area (Å²) in [6, 6.07) is 10.00. The van der Waals surface area contributed by atoms with Gasteiger partial charge in [0.15, 0.2) is 0 Å². The molecule has 0 saturated carbocycles. The Morgan fingerprint density at radius 3 is 1.82 bits per heavy atom. The van der Waals surface area contributed by atoms with E-state index in [-0.39, 0.29) is 31.3 Å². The van der Waals surface area contributed by atoms with E-state index in [1.54, 1.807) is 24.3 Å². The summed E-state index contributed by atoms with van der Waals surface area (Å²) >= 11 is 9.14. The van der Waals surface area contributed by atoms with Crippen molar-refractivity contribution in [3.05, 3.63) is 35.4 Å². The van der Waals surface area contributed by atoms with E-state index in [1.165, 1.54) is 14.8 Å². The second-order valence-electron chi connectivity index (χ2n) is 1.22. The van der Waals surface area contributed by atoms with E-state index in [0.29, 0.717) is 0 Å². The van der Waals surface area contributed by atoms with Crippen LogP contribution in [0.5, 0.6) is 0 Å². The first-order chi connectivity index (χ1) is 4.39.